The molecule has 116 valence electrons. The molecule has 1 amide bonds. The Morgan fingerprint density at radius 2 is 2.09 bits per heavy atom. The monoisotopic (exact) mass is 304 g/mol. The zero-order valence-electron chi connectivity index (χ0n) is 12.6. The van der Waals surface area contributed by atoms with Gasteiger partial charge in [0.25, 0.3) is 0 Å². The van der Waals surface area contributed by atoms with E-state index >= 15 is 0 Å². The SMILES string of the molecule is Cc1c(Cc2ccnc(N)c2F)cncc1OC(=O)N(C)C. The number of nitrogens with zero attached hydrogens (tertiary/aromatic N) is 3. The Balaban J connectivity index is 2.29. The number of amides is 1. The molecule has 22 heavy (non-hydrogen) atoms. The van der Waals surface area contributed by atoms with Gasteiger partial charge in [0.2, 0.25) is 0 Å². The van der Waals surface area contributed by atoms with Crippen molar-refractivity contribution < 1.29 is 13.9 Å². The van der Waals surface area contributed by atoms with Crippen LogP contribution in [0.25, 0.3) is 0 Å². The second kappa shape index (κ2) is 6.38. The van der Waals surface area contributed by atoms with E-state index in [4.69, 9.17) is 10.5 Å². The number of nitrogen functional groups attached to an aromatic ring is 1. The average Bonchev–Trinajstić information content (AvgIpc) is 2.47. The summed E-state index contributed by atoms with van der Waals surface area (Å²) in [5.74, 6) is -0.338. The smallest absolute Gasteiger partial charge is 0.408 e. The molecule has 0 spiro atoms. The Kier molecular flexibility index (Phi) is 4.55. The van der Waals surface area contributed by atoms with Crippen LogP contribution in [0.15, 0.2) is 24.7 Å². The maximum atomic E-state index is 13.9. The highest BCUT2D eigenvalue weighted by atomic mass is 19.1. The zero-order chi connectivity index (χ0) is 16.3. The predicted molar refractivity (Wildman–Crippen MR) is 80.1 cm³/mol. The Morgan fingerprint density at radius 3 is 2.77 bits per heavy atom. The first kappa shape index (κ1) is 15.7. The summed E-state index contributed by atoms with van der Waals surface area (Å²) in [5.41, 5.74) is 7.34. The van der Waals surface area contributed by atoms with Crippen LogP contribution in [0.3, 0.4) is 0 Å². The van der Waals surface area contributed by atoms with Crippen molar-refractivity contribution in [2.75, 3.05) is 19.8 Å². The Bertz CT molecular complexity index is 704. The fraction of sp³-hybridized carbons (Fsp3) is 0.267. The molecular weight excluding hydrogens is 287 g/mol. The molecular formula is C15H17FN4O2. The number of ether oxygens (including phenoxy) is 1. The minimum atomic E-state index is -0.544. The van der Waals surface area contributed by atoms with Gasteiger partial charge in [0.15, 0.2) is 17.4 Å². The van der Waals surface area contributed by atoms with Gasteiger partial charge in [0.1, 0.15) is 0 Å². The first-order valence-electron chi connectivity index (χ1n) is 6.61. The Hall–Kier alpha value is -2.70. The van der Waals surface area contributed by atoms with E-state index in [1.165, 1.54) is 17.3 Å². The van der Waals surface area contributed by atoms with Crippen LogP contribution in [0.1, 0.15) is 16.7 Å². The van der Waals surface area contributed by atoms with Gasteiger partial charge < -0.3 is 15.4 Å². The summed E-state index contributed by atoms with van der Waals surface area (Å²) in [6.07, 6.45) is 4.30. The highest BCUT2D eigenvalue weighted by molar-refractivity contribution is 5.70. The number of carbonyl (C=O) groups is 1. The number of pyridine rings is 2. The lowest BCUT2D eigenvalue weighted by molar-refractivity contribution is 0.171. The summed E-state index contributed by atoms with van der Waals surface area (Å²) in [4.78, 5) is 20.7. The van der Waals surface area contributed by atoms with Gasteiger partial charge in [-0.05, 0) is 29.7 Å². The number of rotatable bonds is 3. The number of anilines is 1. The van der Waals surface area contributed by atoms with Crippen LogP contribution >= 0.6 is 0 Å². The van der Waals surface area contributed by atoms with Crippen molar-refractivity contribution in [3.05, 3.63) is 47.2 Å². The molecule has 0 aromatic carbocycles. The maximum Gasteiger partial charge on any atom is 0.414 e. The largest absolute Gasteiger partial charge is 0.414 e. The molecule has 6 nitrogen and oxygen atoms in total. The second-order valence-corrected chi connectivity index (χ2v) is 5.03. The summed E-state index contributed by atoms with van der Waals surface area (Å²) < 4.78 is 19.2. The lowest BCUT2D eigenvalue weighted by atomic mass is 10.0. The maximum absolute atomic E-state index is 13.9. The molecule has 0 fully saturated rings. The summed E-state index contributed by atoms with van der Waals surface area (Å²) >= 11 is 0. The van der Waals surface area contributed by atoms with E-state index in [0.717, 1.165) is 11.1 Å². The number of hydrogen-bond donors (Lipinski definition) is 1. The molecule has 0 aliphatic heterocycles. The van der Waals surface area contributed by atoms with Gasteiger partial charge in [-0.1, -0.05) is 0 Å². The van der Waals surface area contributed by atoms with E-state index in [0.29, 0.717) is 11.3 Å². The van der Waals surface area contributed by atoms with Crippen molar-refractivity contribution >= 4 is 11.9 Å². The molecule has 0 bridgehead atoms. The summed E-state index contributed by atoms with van der Waals surface area (Å²) in [7, 11) is 3.17. The number of hydrogen-bond acceptors (Lipinski definition) is 5. The minimum Gasteiger partial charge on any atom is -0.408 e. The van der Waals surface area contributed by atoms with Crippen molar-refractivity contribution in [1.82, 2.24) is 14.9 Å². The zero-order valence-corrected chi connectivity index (χ0v) is 12.6. The van der Waals surface area contributed by atoms with Crippen LogP contribution in [-0.4, -0.2) is 35.1 Å². The number of carbonyl (C=O) groups excluding carboxylic acids is 1. The van der Waals surface area contributed by atoms with Crippen LogP contribution in [-0.2, 0) is 6.42 Å². The third-order valence-corrected chi connectivity index (χ3v) is 3.21. The van der Waals surface area contributed by atoms with Crippen molar-refractivity contribution in [2.45, 2.75) is 13.3 Å². The average molecular weight is 304 g/mol. The third kappa shape index (κ3) is 3.30. The lowest BCUT2D eigenvalue weighted by Crippen LogP contribution is -2.25. The van der Waals surface area contributed by atoms with Gasteiger partial charge in [0.05, 0.1) is 6.20 Å². The van der Waals surface area contributed by atoms with Crippen molar-refractivity contribution in [2.24, 2.45) is 0 Å². The molecule has 0 aliphatic carbocycles. The van der Waals surface area contributed by atoms with Crippen molar-refractivity contribution in [1.29, 1.82) is 0 Å². The second-order valence-electron chi connectivity index (χ2n) is 5.03. The quantitative estimate of drug-likeness (QED) is 0.939. The highest BCUT2D eigenvalue weighted by Crippen LogP contribution is 2.24. The fourth-order valence-electron chi connectivity index (χ4n) is 1.86. The first-order chi connectivity index (χ1) is 10.4. The minimum absolute atomic E-state index is 0.140. The van der Waals surface area contributed by atoms with Gasteiger partial charge in [-0.25, -0.2) is 14.2 Å². The van der Waals surface area contributed by atoms with Gasteiger partial charge >= 0.3 is 6.09 Å². The Morgan fingerprint density at radius 1 is 1.36 bits per heavy atom. The predicted octanol–water partition coefficient (Wildman–Crippen LogP) is 2.16. The van der Waals surface area contributed by atoms with Crippen LogP contribution in [0.2, 0.25) is 0 Å². The van der Waals surface area contributed by atoms with Crippen molar-refractivity contribution in [3.8, 4) is 5.75 Å². The molecule has 0 aliphatic rings. The molecule has 0 atom stereocenters. The molecule has 2 heterocycles. The number of aromatic nitrogens is 2. The number of halogens is 1. The molecule has 0 unspecified atom stereocenters. The number of nitrogens with two attached hydrogens (primary N) is 1. The van der Waals surface area contributed by atoms with E-state index in [1.54, 1.807) is 33.3 Å². The molecule has 2 aromatic heterocycles. The Labute approximate surface area is 127 Å². The third-order valence-electron chi connectivity index (χ3n) is 3.21. The topological polar surface area (TPSA) is 81.3 Å². The molecule has 2 N–H and O–H groups in total. The molecule has 0 radical (unpaired) electrons. The van der Waals surface area contributed by atoms with Crippen LogP contribution < -0.4 is 10.5 Å². The van der Waals surface area contributed by atoms with Gasteiger partial charge in [0, 0.05) is 32.9 Å². The van der Waals surface area contributed by atoms with Crippen LogP contribution in [0.4, 0.5) is 15.0 Å². The van der Waals surface area contributed by atoms with E-state index in [1.807, 2.05) is 0 Å². The molecule has 0 saturated carbocycles. The molecule has 0 saturated heterocycles. The van der Waals surface area contributed by atoms with Crippen LogP contribution in [0.5, 0.6) is 5.75 Å². The van der Waals surface area contributed by atoms with Crippen molar-refractivity contribution in [3.63, 3.8) is 0 Å². The van der Waals surface area contributed by atoms with Crippen LogP contribution in [0, 0.1) is 12.7 Å². The van der Waals surface area contributed by atoms with E-state index in [-0.39, 0.29) is 12.2 Å². The standard InChI is InChI=1S/C15H17FN4O2/c1-9-11(6-10-4-5-19-14(17)13(10)16)7-18-8-12(9)22-15(21)20(2)3/h4-5,7-8H,6H2,1-3H3,(H2,17,19). The summed E-state index contributed by atoms with van der Waals surface area (Å²) in [5, 5.41) is 0. The van der Waals surface area contributed by atoms with E-state index < -0.39 is 11.9 Å². The van der Waals surface area contributed by atoms with E-state index in [9.17, 15) is 9.18 Å². The lowest BCUT2D eigenvalue weighted by Gasteiger charge is -2.14. The summed E-state index contributed by atoms with van der Waals surface area (Å²) in [6.45, 7) is 1.79. The van der Waals surface area contributed by atoms with E-state index in [2.05, 4.69) is 9.97 Å². The molecule has 7 heteroatoms. The first-order valence-corrected chi connectivity index (χ1v) is 6.61. The molecule has 2 rings (SSSR count). The van der Waals surface area contributed by atoms with Gasteiger partial charge in [-0.15, -0.1) is 0 Å². The highest BCUT2D eigenvalue weighted by Gasteiger charge is 2.14. The van der Waals surface area contributed by atoms with Gasteiger partial charge in [-0.2, -0.15) is 0 Å². The van der Waals surface area contributed by atoms with Gasteiger partial charge in [-0.3, -0.25) is 4.98 Å². The fourth-order valence-corrected chi connectivity index (χ4v) is 1.86. The summed E-state index contributed by atoms with van der Waals surface area (Å²) in [6, 6.07) is 1.56. The molecule has 2 aromatic rings. The normalized spacial score (nSPS) is 10.4.